The number of nitrogens with one attached hydrogen (secondary N) is 1. The summed E-state index contributed by atoms with van der Waals surface area (Å²) >= 11 is 0. The molecule has 150 valence electrons. The number of hydrogen-bond acceptors (Lipinski definition) is 5. The van der Waals surface area contributed by atoms with E-state index >= 15 is 0 Å². The van der Waals surface area contributed by atoms with Gasteiger partial charge in [-0.25, -0.2) is 8.42 Å². The molecule has 0 aromatic heterocycles. The Morgan fingerprint density at radius 1 is 1.00 bits per heavy atom. The van der Waals surface area contributed by atoms with Crippen LogP contribution in [0.5, 0.6) is 11.5 Å². The molecule has 1 saturated heterocycles. The van der Waals surface area contributed by atoms with E-state index in [0.717, 1.165) is 12.8 Å². The van der Waals surface area contributed by atoms with Crippen LogP contribution in [0.25, 0.3) is 0 Å². The molecule has 0 saturated carbocycles. The lowest BCUT2D eigenvalue weighted by Gasteiger charge is -2.15. The third-order valence-electron chi connectivity index (χ3n) is 4.54. The number of amides is 1. The van der Waals surface area contributed by atoms with Crippen molar-refractivity contribution in [1.82, 2.24) is 9.62 Å². The van der Waals surface area contributed by atoms with Gasteiger partial charge >= 0.3 is 0 Å². The number of benzene rings is 2. The van der Waals surface area contributed by atoms with E-state index in [1.54, 1.807) is 55.6 Å². The van der Waals surface area contributed by atoms with E-state index in [2.05, 4.69) is 5.32 Å². The molecule has 7 nitrogen and oxygen atoms in total. The first-order chi connectivity index (χ1) is 13.5. The van der Waals surface area contributed by atoms with Gasteiger partial charge in [0, 0.05) is 18.7 Å². The van der Waals surface area contributed by atoms with Gasteiger partial charge in [-0.15, -0.1) is 0 Å². The fraction of sp³-hybridized carbons (Fsp3) is 0.350. The van der Waals surface area contributed by atoms with Crippen LogP contribution in [0.1, 0.15) is 23.2 Å². The van der Waals surface area contributed by atoms with Gasteiger partial charge in [-0.1, -0.05) is 0 Å². The van der Waals surface area contributed by atoms with Gasteiger partial charge < -0.3 is 14.8 Å². The fourth-order valence-corrected chi connectivity index (χ4v) is 4.48. The standard InChI is InChI=1S/C20H24N2O5S/c1-26-17-6-4-16(5-7-17)20(23)21-12-15-27-18-8-10-19(11-9-18)28(24,25)22-13-2-3-14-22/h4-11H,2-3,12-15H2,1H3,(H,21,23). The highest BCUT2D eigenvalue weighted by molar-refractivity contribution is 7.89. The third kappa shape index (κ3) is 4.82. The van der Waals surface area contributed by atoms with Crippen molar-refractivity contribution in [2.75, 3.05) is 33.4 Å². The summed E-state index contributed by atoms with van der Waals surface area (Å²) < 4.78 is 37.1. The Balaban J connectivity index is 1.46. The molecule has 3 rings (SSSR count). The SMILES string of the molecule is COc1ccc(C(=O)NCCOc2ccc(S(=O)(=O)N3CCCC3)cc2)cc1. The van der Waals surface area contributed by atoms with E-state index in [1.807, 2.05) is 0 Å². The van der Waals surface area contributed by atoms with Crippen molar-refractivity contribution in [3.63, 3.8) is 0 Å². The quantitative estimate of drug-likeness (QED) is 0.683. The second-order valence-corrected chi connectivity index (χ2v) is 8.35. The number of carbonyl (C=O) groups is 1. The minimum absolute atomic E-state index is 0.196. The van der Waals surface area contributed by atoms with Gasteiger partial charge in [0.25, 0.3) is 5.91 Å². The smallest absolute Gasteiger partial charge is 0.251 e. The summed E-state index contributed by atoms with van der Waals surface area (Å²) in [6.07, 6.45) is 1.81. The summed E-state index contributed by atoms with van der Waals surface area (Å²) in [5, 5.41) is 2.77. The predicted octanol–water partition coefficient (Wildman–Crippen LogP) is 2.29. The zero-order valence-corrected chi connectivity index (χ0v) is 16.6. The molecule has 1 N–H and O–H groups in total. The zero-order chi connectivity index (χ0) is 20.0. The topological polar surface area (TPSA) is 84.9 Å². The molecular weight excluding hydrogens is 380 g/mol. The molecule has 0 unspecified atom stereocenters. The van der Waals surface area contributed by atoms with Gasteiger partial charge in [0.05, 0.1) is 18.6 Å². The first-order valence-electron chi connectivity index (χ1n) is 9.16. The van der Waals surface area contributed by atoms with Crippen molar-refractivity contribution >= 4 is 15.9 Å². The van der Waals surface area contributed by atoms with Crippen molar-refractivity contribution in [3.8, 4) is 11.5 Å². The Hall–Kier alpha value is -2.58. The molecule has 1 amide bonds. The third-order valence-corrected chi connectivity index (χ3v) is 6.45. The molecule has 1 fully saturated rings. The van der Waals surface area contributed by atoms with Gasteiger partial charge in [0.1, 0.15) is 18.1 Å². The molecule has 0 aliphatic carbocycles. The van der Waals surface area contributed by atoms with E-state index in [0.29, 0.717) is 36.7 Å². The summed E-state index contributed by atoms with van der Waals surface area (Å²) in [7, 11) is -1.85. The van der Waals surface area contributed by atoms with Crippen molar-refractivity contribution in [2.24, 2.45) is 0 Å². The molecule has 0 radical (unpaired) electrons. The molecule has 2 aromatic rings. The van der Waals surface area contributed by atoms with Crippen LogP contribution in [0.4, 0.5) is 0 Å². The Bertz CT molecular complexity index is 889. The molecule has 1 aliphatic heterocycles. The normalized spacial score (nSPS) is 14.6. The molecule has 0 spiro atoms. The summed E-state index contributed by atoms with van der Waals surface area (Å²) in [5.74, 6) is 1.05. The highest BCUT2D eigenvalue weighted by Crippen LogP contribution is 2.22. The average molecular weight is 404 g/mol. The summed E-state index contributed by atoms with van der Waals surface area (Å²) in [6, 6.07) is 13.2. The van der Waals surface area contributed by atoms with Gasteiger partial charge in [-0.2, -0.15) is 4.31 Å². The Morgan fingerprint density at radius 3 is 2.21 bits per heavy atom. The largest absolute Gasteiger partial charge is 0.497 e. The molecule has 1 aliphatic rings. The highest BCUT2D eigenvalue weighted by atomic mass is 32.2. The number of methoxy groups -OCH3 is 1. The van der Waals surface area contributed by atoms with Crippen molar-refractivity contribution < 1.29 is 22.7 Å². The van der Waals surface area contributed by atoms with E-state index in [1.165, 1.54) is 4.31 Å². The van der Waals surface area contributed by atoms with Crippen LogP contribution >= 0.6 is 0 Å². The fourth-order valence-electron chi connectivity index (χ4n) is 2.96. The maximum atomic E-state index is 12.5. The number of nitrogens with zero attached hydrogens (tertiary/aromatic N) is 1. The van der Waals surface area contributed by atoms with E-state index in [-0.39, 0.29) is 17.4 Å². The van der Waals surface area contributed by atoms with Gasteiger partial charge in [-0.05, 0) is 61.4 Å². The lowest BCUT2D eigenvalue weighted by molar-refractivity contribution is 0.0947. The predicted molar refractivity (Wildman–Crippen MR) is 105 cm³/mol. The summed E-state index contributed by atoms with van der Waals surface area (Å²) in [5.41, 5.74) is 0.539. The van der Waals surface area contributed by atoms with E-state index in [9.17, 15) is 13.2 Å². The molecular formula is C20H24N2O5S. The lowest BCUT2D eigenvalue weighted by Crippen LogP contribution is -2.28. The van der Waals surface area contributed by atoms with Gasteiger partial charge in [0.15, 0.2) is 0 Å². The van der Waals surface area contributed by atoms with E-state index < -0.39 is 10.0 Å². The summed E-state index contributed by atoms with van der Waals surface area (Å²) in [6.45, 7) is 1.77. The van der Waals surface area contributed by atoms with Crippen LogP contribution in [-0.4, -0.2) is 52.0 Å². The van der Waals surface area contributed by atoms with Crippen molar-refractivity contribution in [1.29, 1.82) is 0 Å². The second-order valence-electron chi connectivity index (χ2n) is 6.42. The Morgan fingerprint density at radius 2 is 1.61 bits per heavy atom. The summed E-state index contributed by atoms with van der Waals surface area (Å²) in [4.78, 5) is 12.3. The lowest BCUT2D eigenvalue weighted by atomic mass is 10.2. The number of hydrogen-bond donors (Lipinski definition) is 1. The van der Waals surface area contributed by atoms with Crippen LogP contribution in [0, 0.1) is 0 Å². The van der Waals surface area contributed by atoms with Crippen LogP contribution in [0.15, 0.2) is 53.4 Å². The molecule has 0 atom stereocenters. The first kappa shape index (κ1) is 20.2. The molecule has 28 heavy (non-hydrogen) atoms. The molecule has 1 heterocycles. The Labute approximate surface area is 165 Å². The van der Waals surface area contributed by atoms with Crippen LogP contribution < -0.4 is 14.8 Å². The highest BCUT2D eigenvalue weighted by Gasteiger charge is 2.26. The maximum Gasteiger partial charge on any atom is 0.251 e. The second kappa shape index (κ2) is 9.07. The molecule has 0 bridgehead atoms. The van der Waals surface area contributed by atoms with Crippen LogP contribution in [0.3, 0.4) is 0 Å². The number of rotatable bonds is 8. The van der Waals surface area contributed by atoms with E-state index in [4.69, 9.17) is 9.47 Å². The van der Waals surface area contributed by atoms with Crippen LogP contribution in [-0.2, 0) is 10.0 Å². The molecule has 2 aromatic carbocycles. The number of sulfonamides is 1. The average Bonchev–Trinajstić information content (AvgIpc) is 3.27. The monoisotopic (exact) mass is 404 g/mol. The maximum absolute atomic E-state index is 12.5. The van der Waals surface area contributed by atoms with Crippen molar-refractivity contribution in [3.05, 3.63) is 54.1 Å². The minimum atomic E-state index is -3.42. The Kier molecular flexibility index (Phi) is 6.53. The first-order valence-corrected chi connectivity index (χ1v) is 10.6. The minimum Gasteiger partial charge on any atom is -0.497 e. The number of carbonyl (C=O) groups excluding carboxylic acids is 1. The van der Waals surface area contributed by atoms with Crippen LogP contribution in [0.2, 0.25) is 0 Å². The number of ether oxygens (including phenoxy) is 2. The van der Waals surface area contributed by atoms with Crippen molar-refractivity contribution in [2.45, 2.75) is 17.7 Å². The van der Waals surface area contributed by atoms with Gasteiger partial charge in [0.2, 0.25) is 10.0 Å². The zero-order valence-electron chi connectivity index (χ0n) is 15.8. The molecule has 8 heteroatoms. The van der Waals surface area contributed by atoms with Gasteiger partial charge in [-0.3, -0.25) is 4.79 Å².